The van der Waals surface area contributed by atoms with Crippen LogP contribution in [0.25, 0.3) is 0 Å². The number of nitrogens with two attached hydrogens (primary N) is 2. The zero-order valence-electron chi connectivity index (χ0n) is 12.1. The van der Waals surface area contributed by atoms with Crippen molar-refractivity contribution >= 4 is 11.9 Å². The summed E-state index contributed by atoms with van der Waals surface area (Å²) in [6.07, 6.45) is -0.365. The Labute approximate surface area is 119 Å². The van der Waals surface area contributed by atoms with Gasteiger partial charge in [0.15, 0.2) is 5.96 Å². The number of carboxylic acids is 1. The minimum Gasteiger partial charge on any atom is -0.480 e. The van der Waals surface area contributed by atoms with E-state index in [-0.39, 0.29) is 19.0 Å². The van der Waals surface area contributed by atoms with Crippen molar-refractivity contribution in [1.82, 2.24) is 4.90 Å². The van der Waals surface area contributed by atoms with Gasteiger partial charge in [0, 0.05) is 19.6 Å². The second kappa shape index (κ2) is 9.51. The first-order valence-electron chi connectivity index (χ1n) is 6.63. The highest BCUT2D eigenvalue weighted by atomic mass is 16.4. The van der Waals surface area contributed by atoms with Crippen molar-refractivity contribution < 1.29 is 20.1 Å². The van der Waals surface area contributed by atoms with Gasteiger partial charge in [0.05, 0.1) is 12.2 Å². The first kappa shape index (κ1) is 18.6. The molecule has 0 amide bonds. The number of guanidine groups is 1. The second-order valence-corrected chi connectivity index (χ2v) is 4.93. The number of aliphatic imine (C=N–C) groups is 1. The number of hydrogen-bond acceptors (Lipinski definition) is 5. The van der Waals surface area contributed by atoms with E-state index in [1.165, 1.54) is 0 Å². The smallest absolute Gasteiger partial charge is 0.320 e. The highest BCUT2D eigenvalue weighted by Gasteiger charge is 2.14. The lowest BCUT2D eigenvalue weighted by Crippen LogP contribution is -2.45. The number of aliphatic hydroxyl groups excluding tert-OH is 2. The molecule has 8 heteroatoms. The molecule has 0 saturated carbocycles. The molecule has 0 aliphatic carbocycles. The normalized spacial score (nSPS) is 16.6. The SMILES string of the molecule is CC(O)CN(CC(C)O)C(N)=NCCC[C@H](N)C(=O)O. The van der Waals surface area contributed by atoms with Gasteiger partial charge in [0.2, 0.25) is 0 Å². The van der Waals surface area contributed by atoms with Gasteiger partial charge in [0.1, 0.15) is 6.04 Å². The number of carbonyl (C=O) groups is 1. The molecule has 0 spiro atoms. The highest BCUT2D eigenvalue weighted by molar-refractivity contribution is 5.78. The van der Waals surface area contributed by atoms with Crippen LogP contribution < -0.4 is 11.5 Å². The van der Waals surface area contributed by atoms with E-state index in [9.17, 15) is 15.0 Å². The molecule has 0 rings (SSSR count). The van der Waals surface area contributed by atoms with Gasteiger partial charge >= 0.3 is 5.97 Å². The number of aliphatic hydroxyl groups is 2. The standard InChI is InChI=1S/C12H26N4O4/c1-8(17)6-16(7-9(2)18)12(14)15-5-3-4-10(13)11(19)20/h8-10,17-18H,3-7,13H2,1-2H3,(H2,14,15)(H,19,20)/t8?,9?,10-/m0/s1. The monoisotopic (exact) mass is 290 g/mol. The Morgan fingerprint density at radius 1 is 1.25 bits per heavy atom. The molecule has 0 fully saturated rings. The highest BCUT2D eigenvalue weighted by Crippen LogP contribution is 1.99. The molecule has 2 unspecified atom stereocenters. The number of aliphatic carboxylic acids is 1. The number of rotatable bonds is 9. The summed E-state index contributed by atoms with van der Waals surface area (Å²) in [6.45, 7) is 4.13. The minimum absolute atomic E-state index is 0.218. The topological polar surface area (TPSA) is 145 Å². The summed E-state index contributed by atoms with van der Waals surface area (Å²) in [6, 6.07) is -0.891. The molecule has 0 saturated heterocycles. The van der Waals surface area contributed by atoms with Gasteiger partial charge in [-0.25, -0.2) is 0 Å². The van der Waals surface area contributed by atoms with Crippen LogP contribution in [0.2, 0.25) is 0 Å². The number of carboxylic acid groups (broad SMARTS) is 1. The van der Waals surface area contributed by atoms with E-state index in [0.29, 0.717) is 19.4 Å². The van der Waals surface area contributed by atoms with E-state index in [0.717, 1.165) is 0 Å². The van der Waals surface area contributed by atoms with Gasteiger partial charge < -0.3 is 31.7 Å². The minimum atomic E-state index is -1.04. The molecule has 0 aromatic heterocycles. The van der Waals surface area contributed by atoms with Crippen molar-refractivity contribution in [2.75, 3.05) is 19.6 Å². The van der Waals surface area contributed by atoms with Crippen LogP contribution in [-0.4, -0.2) is 70.0 Å². The first-order chi connectivity index (χ1) is 9.23. The third-order valence-corrected chi connectivity index (χ3v) is 2.56. The Morgan fingerprint density at radius 2 is 1.75 bits per heavy atom. The molecule has 0 aromatic carbocycles. The third kappa shape index (κ3) is 8.68. The maximum Gasteiger partial charge on any atom is 0.320 e. The molecule has 0 heterocycles. The molecular weight excluding hydrogens is 264 g/mol. The molecule has 0 aliphatic rings. The van der Waals surface area contributed by atoms with Crippen LogP contribution in [0.15, 0.2) is 4.99 Å². The molecule has 20 heavy (non-hydrogen) atoms. The average molecular weight is 290 g/mol. The van der Waals surface area contributed by atoms with Crippen molar-refractivity contribution in [3.05, 3.63) is 0 Å². The summed E-state index contributed by atoms with van der Waals surface area (Å²) in [5.41, 5.74) is 11.2. The number of hydrogen-bond donors (Lipinski definition) is 5. The van der Waals surface area contributed by atoms with Crippen molar-refractivity contribution in [1.29, 1.82) is 0 Å². The zero-order valence-corrected chi connectivity index (χ0v) is 12.1. The quantitative estimate of drug-likeness (QED) is 0.198. The van der Waals surface area contributed by atoms with Crippen LogP contribution in [0, 0.1) is 0 Å². The van der Waals surface area contributed by atoms with Gasteiger partial charge in [0.25, 0.3) is 0 Å². The molecule has 0 aliphatic heterocycles. The molecule has 7 N–H and O–H groups in total. The van der Waals surface area contributed by atoms with E-state index in [1.54, 1.807) is 18.7 Å². The zero-order chi connectivity index (χ0) is 15.7. The van der Waals surface area contributed by atoms with E-state index in [1.807, 2.05) is 0 Å². The molecule has 118 valence electrons. The predicted octanol–water partition coefficient (Wildman–Crippen LogP) is -1.44. The lowest BCUT2D eigenvalue weighted by atomic mass is 10.2. The van der Waals surface area contributed by atoms with Gasteiger partial charge in [-0.2, -0.15) is 0 Å². The van der Waals surface area contributed by atoms with Crippen LogP contribution >= 0.6 is 0 Å². The summed E-state index contributed by atoms with van der Waals surface area (Å²) >= 11 is 0. The van der Waals surface area contributed by atoms with E-state index < -0.39 is 24.2 Å². The molecule has 0 radical (unpaired) electrons. The Kier molecular flexibility index (Phi) is 8.86. The predicted molar refractivity (Wildman–Crippen MR) is 76.3 cm³/mol. The van der Waals surface area contributed by atoms with Crippen molar-refractivity contribution in [2.24, 2.45) is 16.5 Å². The molecule has 0 bridgehead atoms. The summed E-state index contributed by atoms with van der Waals surface area (Å²) in [4.78, 5) is 16.2. The van der Waals surface area contributed by atoms with Crippen LogP contribution in [0.3, 0.4) is 0 Å². The fourth-order valence-corrected chi connectivity index (χ4v) is 1.63. The van der Waals surface area contributed by atoms with Gasteiger partial charge in [-0.15, -0.1) is 0 Å². The molecular formula is C12H26N4O4. The summed E-state index contributed by atoms with van der Waals surface area (Å²) in [7, 11) is 0. The average Bonchev–Trinajstić information content (AvgIpc) is 2.31. The van der Waals surface area contributed by atoms with Crippen LogP contribution in [0.4, 0.5) is 0 Å². The maximum absolute atomic E-state index is 10.5. The Bertz CT molecular complexity index is 311. The van der Waals surface area contributed by atoms with Gasteiger partial charge in [-0.1, -0.05) is 0 Å². The van der Waals surface area contributed by atoms with Crippen molar-refractivity contribution in [2.45, 2.75) is 44.9 Å². The largest absolute Gasteiger partial charge is 0.480 e. The molecule has 8 nitrogen and oxygen atoms in total. The lowest BCUT2D eigenvalue weighted by molar-refractivity contribution is -0.138. The summed E-state index contributed by atoms with van der Waals surface area (Å²) in [5, 5.41) is 27.4. The van der Waals surface area contributed by atoms with Crippen molar-refractivity contribution in [3.63, 3.8) is 0 Å². The van der Waals surface area contributed by atoms with Crippen LogP contribution in [0.1, 0.15) is 26.7 Å². The van der Waals surface area contributed by atoms with Crippen LogP contribution in [0.5, 0.6) is 0 Å². The first-order valence-corrected chi connectivity index (χ1v) is 6.63. The maximum atomic E-state index is 10.5. The van der Waals surface area contributed by atoms with Crippen molar-refractivity contribution in [3.8, 4) is 0 Å². The fourth-order valence-electron chi connectivity index (χ4n) is 1.63. The summed E-state index contributed by atoms with van der Waals surface area (Å²) < 4.78 is 0. The molecule has 0 aromatic rings. The summed E-state index contributed by atoms with van der Waals surface area (Å²) in [5.74, 6) is -0.817. The van der Waals surface area contributed by atoms with Gasteiger partial charge in [-0.05, 0) is 26.7 Å². The Balaban J connectivity index is 4.30. The van der Waals surface area contributed by atoms with E-state index >= 15 is 0 Å². The van der Waals surface area contributed by atoms with E-state index in [4.69, 9.17) is 16.6 Å². The second-order valence-electron chi connectivity index (χ2n) is 4.93. The number of nitrogens with zero attached hydrogens (tertiary/aromatic N) is 2. The van der Waals surface area contributed by atoms with Gasteiger partial charge in [-0.3, -0.25) is 9.79 Å². The Morgan fingerprint density at radius 3 is 2.15 bits per heavy atom. The Hall–Kier alpha value is -1.38. The fraction of sp³-hybridized carbons (Fsp3) is 0.833. The van der Waals surface area contributed by atoms with Crippen LogP contribution in [-0.2, 0) is 4.79 Å². The third-order valence-electron chi connectivity index (χ3n) is 2.56. The lowest BCUT2D eigenvalue weighted by Gasteiger charge is -2.26. The molecule has 3 atom stereocenters. The van der Waals surface area contributed by atoms with E-state index in [2.05, 4.69) is 4.99 Å².